The van der Waals surface area contributed by atoms with Crippen LogP contribution >= 0.6 is 11.3 Å². The van der Waals surface area contributed by atoms with Gasteiger partial charge in [0.25, 0.3) is 5.91 Å². The maximum absolute atomic E-state index is 12.6. The molecule has 6 nitrogen and oxygen atoms in total. The van der Waals surface area contributed by atoms with Gasteiger partial charge < -0.3 is 10.0 Å². The molecule has 7 heteroatoms. The third kappa shape index (κ3) is 3.15. The van der Waals surface area contributed by atoms with E-state index in [2.05, 4.69) is 4.98 Å². The minimum atomic E-state index is -0.912. The number of nitrogens with zero attached hydrogens (tertiary/aromatic N) is 3. The summed E-state index contributed by atoms with van der Waals surface area (Å²) in [7, 11) is 0. The first-order chi connectivity index (χ1) is 12.1. The van der Waals surface area contributed by atoms with Crippen LogP contribution in [0.25, 0.3) is 4.96 Å². The van der Waals surface area contributed by atoms with E-state index in [0.29, 0.717) is 30.3 Å². The topological polar surface area (TPSA) is 74.9 Å². The Hall–Kier alpha value is -2.67. The largest absolute Gasteiger partial charge is 0.478 e. The number of imidazole rings is 1. The molecule has 0 spiro atoms. The van der Waals surface area contributed by atoms with Gasteiger partial charge in [-0.05, 0) is 36.5 Å². The van der Waals surface area contributed by atoms with E-state index in [1.54, 1.807) is 24.4 Å². The number of carboxylic acid groups (broad SMARTS) is 1. The Morgan fingerprint density at radius 3 is 3.04 bits per heavy atom. The fraction of sp³-hybridized carbons (Fsp3) is 0.278. The summed E-state index contributed by atoms with van der Waals surface area (Å²) >= 11 is 1.51. The number of benzene rings is 1. The highest BCUT2D eigenvalue weighted by Crippen LogP contribution is 2.23. The van der Waals surface area contributed by atoms with E-state index in [9.17, 15) is 9.59 Å². The van der Waals surface area contributed by atoms with E-state index < -0.39 is 5.97 Å². The fourth-order valence-electron chi connectivity index (χ4n) is 3.34. The highest BCUT2D eigenvalue weighted by Gasteiger charge is 2.28. The molecule has 1 saturated heterocycles. The van der Waals surface area contributed by atoms with E-state index >= 15 is 0 Å². The Morgan fingerprint density at radius 1 is 1.36 bits per heavy atom. The number of carboxylic acids is 1. The van der Waals surface area contributed by atoms with Crippen LogP contribution in [-0.2, 0) is 6.42 Å². The van der Waals surface area contributed by atoms with Crippen molar-refractivity contribution in [2.45, 2.75) is 12.8 Å². The predicted octanol–water partition coefficient (Wildman–Crippen LogP) is 2.80. The van der Waals surface area contributed by atoms with Crippen molar-refractivity contribution in [2.24, 2.45) is 5.92 Å². The second-order valence-electron chi connectivity index (χ2n) is 6.33. The summed E-state index contributed by atoms with van der Waals surface area (Å²) in [6.45, 7) is 1.40. The average Bonchev–Trinajstić information content (AvgIpc) is 3.30. The van der Waals surface area contributed by atoms with Gasteiger partial charge in [0.1, 0.15) is 5.69 Å². The van der Waals surface area contributed by atoms with Gasteiger partial charge in [0.15, 0.2) is 4.96 Å². The molecule has 1 N–H and O–H groups in total. The molecule has 1 atom stereocenters. The van der Waals surface area contributed by atoms with Crippen molar-refractivity contribution in [1.82, 2.24) is 14.3 Å². The number of rotatable bonds is 4. The third-order valence-electron chi connectivity index (χ3n) is 4.58. The molecule has 3 heterocycles. The fourth-order valence-corrected chi connectivity index (χ4v) is 4.04. The molecule has 1 amide bonds. The molecule has 0 bridgehead atoms. The van der Waals surface area contributed by atoms with Gasteiger partial charge in [0.2, 0.25) is 0 Å². The van der Waals surface area contributed by atoms with Gasteiger partial charge in [-0.25, -0.2) is 9.78 Å². The summed E-state index contributed by atoms with van der Waals surface area (Å²) in [5, 5.41) is 11.0. The van der Waals surface area contributed by atoms with Gasteiger partial charge >= 0.3 is 5.97 Å². The molecular formula is C18H17N3O3S. The SMILES string of the molecule is O=C(O)c1cccc(C[C@@H]2CCN(C(=O)c3cn4ccsc4n3)C2)c1. The van der Waals surface area contributed by atoms with Crippen molar-refractivity contribution in [3.63, 3.8) is 0 Å². The number of amides is 1. The van der Waals surface area contributed by atoms with Gasteiger partial charge in [0.05, 0.1) is 5.56 Å². The number of aromatic nitrogens is 2. The molecule has 0 radical (unpaired) electrons. The van der Waals surface area contributed by atoms with Crippen LogP contribution in [0.5, 0.6) is 0 Å². The zero-order chi connectivity index (χ0) is 17.4. The average molecular weight is 355 g/mol. The molecule has 2 aromatic heterocycles. The van der Waals surface area contributed by atoms with Crippen LogP contribution < -0.4 is 0 Å². The summed E-state index contributed by atoms with van der Waals surface area (Å²) in [6.07, 6.45) is 5.37. The number of aromatic carboxylic acids is 1. The number of hydrogen-bond acceptors (Lipinski definition) is 4. The quantitative estimate of drug-likeness (QED) is 0.781. The molecular weight excluding hydrogens is 338 g/mol. The monoisotopic (exact) mass is 355 g/mol. The maximum atomic E-state index is 12.6. The first-order valence-electron chi connectivity index (χ1n) is 8.14. The molecule has 4 rings (SSSR count). The van der Waals surface area contributed by atoms with Crippen LogP contribution in [0.3, 0.4) is 0 Å². The van der Waals surface area contributed by atoms with Crippen molar-refractivity contribution >= 4 is 28.2 Å². The number of fused-ring (bicyclic) bond motifs is 1. The van der Waals surface area contributed by atoms with E-state index in [4.69, 9.17) is 5.11 Å². The predicted molar refractivity (Wildman–Crippen MR) is 94.2 cm³/mol. The number of carbonyl (C=O) groups excluding carboxylic acids is 1. The van der Waals surface area contributed by atoms with Crippen LogP contribution in [-0.4, -0.2) is 44.4 Å². The molecule has 1 aliphatic heterocycles. The lowest BCUT2D eigenvalue weighted by Crippen LogP contribution is -2.29. The second kappa shape index (κ2) is 6.33. The normalized spacial score (nSPS) is 17.3. The first kappa shape index (κ1) is 15.8. The van der Waals surface area contributed by atoms with E-state index in [1.807, 2.05) is 26.9 Å². The summed E-state index contributed by atoms with van der Waals surface area (Å²) in [6, 6.07) is 7.03. The van der Waals surface area contributed by atoms with Crippen molar-refractivity contribution < 1.29 is 14.7 Å². The Morgan fingerprint density at radius 2 is 2.24 bits per heavy atom. The second-order valence-corrected chi connectivity index (χ2v) is 7.21. The van der Waals surface area contributed by atoms with Gasteiger partial charge in [0, 0.05) is 30.9 Å². The van der Waals surface area contributed by atoms with Crippen molar-refractivity contribution in [3.8, 4) is 0 Å². The standard InChI is InChI=1S/C18H17N3O3S/c22-16(15-11-21-6-7-25-18(21)19-15)20-5-4-13(10-20)8-12-2-1-3-14(9-12)17(23)24/h1-3,6-7,9,11,13H,4-5,8,10H2,(H,23,24)/t13-/m0/s1. The Bertz CT molecular complexity index is 917. The Labute approximate surface area is 148 Å². The summed E-state index contributed by atoms with van der Waals surface area (Å²) in [4.78, 5) is 30.8. The van der Waals surface area contributed by atoms with Crippen LogP contribution in [0.1, 0.15) is 32.8 Å². The van der Waals surface area contributed by atoms with E-state index in [1.165, 1.54) is 11.3 Å². The van der Waals surface area contributed by atoms with Gasteiger partial charge in [-0.2, -0.15) is 0 Å². The summed E-state index contributed by atoms with van der Waals surface area (Å²) in [5.74, 6) is -0.598. The van der Waals surface area contributed by atoms with Crippen LogP contribution in [0.2, 0.25) is 0 Å². The van der Waals surface area contributed by atoms with Crippen LogP contribution in [0.15, 0.2) is 42.0 Å². The van der Waals surface area contributed by atoms with Crippen LogP contribution in [0, 0.1) is 5.92 Å². The molecule has 1 aromatic carbocycles. The van der Waals surface area contributed by atoms with E-state index in [0.717, 1.165) is 23.4 Å². The van der Waals surface area contributed by atoms with Crippen molar-refractivity contribution in [2.75, 3.05) is 13.1 Å². The molecule has 0 unspecified atom stereocenters. The van der Waals surface area contributed by atoms with Gasteiger partial charge in [-0.3, -0.25) is 9.20 Å². The molecule has 0 saturated carbocycles. The molecule has 128 valence electrons. The molecule has 25 heavy (non-hydrogen) atoms. The summed E-state index contributed by atoms with van der Waals surface area (Å²) < 4.78 is 1.86. The third-order valence-corrected chi connectivity index (χ3v) is 5.35. The lowest BCUT2D eigenvalue weighted by Gasteiger charge is -2.15. The minimum absolute atomic E-state index is 0.0299. The van der Waals surface area contributed by atoms with Crippen molar-refractivity contribution in [1.29, 1.82) is 0 Å². The molecule has 1 fully saturated rings. The number of carbonyl (C=O) groups is 2. The highest BCUT2D eigenvalue weighted by molar-refractivity contribution is 7.15. The Balaban J connectivity index is 1.42. The lowest BCUT2D eigenvalue weighted by atomic mass is 9.97. The van der Waals surface area contributed by atoms with Crippen LogP contribution in [0.4, 0.5) is 0 Å². The van der Waals surface area contributed by atoms with E-state index in [-0.39, 0.29) is 5.91 Å². The Kier molecular flexibility index (Phi) is 4.01. The molecule has 0 aliphatic carbocycles. The molecule has 1 aliphatic rings. The molecule has 3 aromatic rings. The summed E-state index contributed by atoms with van der Waals surface area (Å²) in [5.41, 5.74) is 1.79. The zero-order valence-electron chi connectivity index (χ0n) is 13.5. The van der Waals surface area contributed by atoms with Gasteiger partial charge in [-0.15, -0.1) is 11.3 Å². The maximum Gasteiger partial charge on any atom is 0.335 e. The highest BCUT2D eigenvalue weighted by atomic mass is 32.1. The van der Waals surface area contributed by atoms with Gasteiger partial charge in [-0.1, -0.05) is 12.1 Å². The number of hydrogen-bond donors (Lipinski definition) is 1. The smallest absolute Gasteiger partial charge is 0.335 e. The minimum Gasteiger partial charge on any atom is -0.478 e. The van der Waals surface area contributed by atoms with Crippen molar-refractivity contribution in [3.05, 3.63) is 58.9 Å². The lowest BCUT2D eigenvalue weighted by molar-refractivity contribution is 0.0696. The zero-order valence-corrected chi connectivity index (χ0v) is 14.3. The number of likely N-dealkylation sites (tertiary alicyclic amines) is 1. The first-order valence-corrected chi connectivity index (χ1v) is 9.02. The number of thiazole rings is 1.